The fourth-order valence-corrected chi connectivity index (χ4v) is 1.13. The van der Waals surface area contributed by atoms with Crippen LogP contribution in [0.15, 0.2) is 40.6 Å². The molecule has 0 fully saturated rings. The third-order valence-electron chi connectivity index (χ3n) is 2.03. The molecule has 0 amide bonds. The molecule has 0 saturated heterocycles. The third kappa shape index (κ3) is 4.60. The van der Waals surface area contributed by atoms with E-state index in [1.54, 1.807) is 13.8 Å². The van der Waals surface area contributed by atoms with Gasteiger partial charge in [0.2, 0.25) is 0 Å². The number of para-hydroxylation sites is 1. The maximum Gasteiger partial charge on any atom is 0.191 e. The fourth-order valence-electron chi connectivity index (χ4n) is 0.968. The smallest absolute Gasteiger partial charge is 0.191 e. The van der Waals surface area contributed by atoms with Crippen molar-refractivity contribution >= 4 is 34.4 Å². The Morgan fingerprint density at radius 2 is 1.82 bits per heavy atom. The van der Waals surface area contributed by atoms with Crippen LogP contribution in [0.1, 0.15) is 13.8 Å². The van der Waals surface area contributed by atoms with Crippen molar-refractivity contribution in [3.63, 3.8) is 0 Å². The molecule has 3 N–H and O–H groups in total. The summed E-state index contributed by atoms with van der Waals surface area (Å²) in [6.07, 6.45) is 0. The summed E-state index contributed by atoms with van der Waals surface area (Å²) >= 11 is 5.05. The van der Waals surface area contributed by atoms with Gasteiger partial charge in [0.15, 0.2) is 5.11 Å². The van der Waals surface area contributed by atoms with Gasteiger partial charge in [0.05, 0.1) is 11.4 Å². The normalized spacial score (nSPS) is 12.1. The highest BCUT2D eigenvalue weighted by Gasteiger charge is 1.98. The molecule has 1 rings (SSSR count). The van der Waals surface area contributed by atoms with E-state index >= 15 is 0 Å². The van der Waals surface area contributed by atoms with Crippen molar-refractivity contribution in [3.8, 4) is 0 Å². The first-order chi connectivity index (χ1) is 8.13. The Bertz CT molecular complexity index is 442. The van der Waals surface area contributed by atoms with Gasteiger partial charge in [0.1, 0.15) is 0 Å². The first-order valence-electron chi connectivity index (χ1n) is 4.99. The Morgan fingerprint density at radius 1 is 1.18 bits per heavy atom. The maximum atomic E-state index is 8.54. The topological polar surface area (TPSA) is 69.0 Å². The average molecular weight is 250 g/mol. The van der Waals surface area contributed by atoms with Crippen LogP contribution in [-0.4, -0.2) is 21.7 Å². The fraction of sp³-hybridized carbons (Fsp3) is 0.182. The molecule has 0 heterocycles. The van der Waals surface area contributed by atoms with Crippen molar-refractivity contribution in [2.45, 2.75) is 13.8 Å². The Labute approximate surface area is 105 Å². The largest absolute Gasteiger partial charge is 0.411 e. The maximum absolute atomic E-state index is 8.54. The predicted octanol–water partition coefficient (Wildman–Crippen LogP) is 2.20. The van der Waals surface area contributed by atoms with Gasteiger partial charge in [-0.05, 0) is 38.2 Å². The second-order valence-corrected chi connectivity index (χ2v) is 3.72. The zero-order valence-corrected chi connectivity index (χ0v) is 10.5. The van der Waals surface area contributed by atoms with E-state index in [4.69, 9.17) is 17.4 Å². The molecule has 5 nitrogen and oxygen atoms in total. The van der Waals surface area contributed by atoms with Crippen LogP contribution >= 0.6 is 12.2 Å². The van der Waals surface area contributed by atoms with Crippen LogP contribution in [0.5, 0.6) is 0 Å². The van der Waals surface area contributed by atoms with Crippen molar-refractivity contribution in [1.29, 1.82) is 0 Å². The van der Waals surface area contributed by atoms with Crippen LogP contribution < -0.4 is 10.7 Å². The van der Waals surface area contributed by atoms with Crippen LogP contribution in [-0.2, 0) is 0 Å². The summed E-state index contributed by atoms with van der Waals surface area (Å²) in [7, 11) is 0. The van der Waals surface area contributed by atoms with E-state index in [1.165, 1.54) is 0 Å². The molecule has 6 heteroatoms. The molecular formula is C11H14N4OS. The molecule has 0 aliphatic rings. The number of oxime groups is 1. The van der Waals surface area contributed by atoms with E-state index in [-0.39, 0.29) is 0 Å². The number of rotatable bonds is 3. The lowest BCUT2D eigenvalue weighted by atomic mass is 10.3. The van der Waals surface area contributed by atoms with Crippen LogP contribution in [0, 0.1) is 0 Å². The van der Waals surface area contributed by atoms with Gasteiger partial charge in [-0.3, -0.25) is 5.43 Å². The molecule has 0 radical (unpaired) electrons. The van der Waals surface area contributed by atoms with Crippen LogP contribution in [0.3, 0.4) is 0 Å². The van der Waals surface area contributed by atoms with Crippen molar-refractivity contribution in [2.75, 3.05) is 5.32 Å². The SMILES string of the molecule is CC(=NO)C(C)=NNC(=S)Nc1ccccc1. The Hall–Kier alpha value is -1.95. The molecule has 0 unspecified atom stereocenters. The monoisotopic (exact) mass is 250 g/mol. The van der Waals surface area contributed by atoms with Gasteiger partial charge < -0.3 is 10.5 Å². The summed E-state index contributed by atoms with van der Waals surface area (Å²) in [6.45, 7) is 3.36. The van der Waals surface area contributed by atoms with E-state index in [0.29, 0.717) is 16.5 Å². The zero-order valence-electron chi connectivity index (χ0n) is 9.64. The van der Waals surface area contributed by atoms with E-state index in [2.05, 4.69) is 21.0 Å². The average Bonchev–Trinajstić information content (AvgIpc) is 2.36. The number of hydrogen-bond donors (Lipinski definition) is 3. The second-order valence-electron chi connectivity index (χ2n) is 3.31. The molecule has 0 saturated carbocycles. The molecule has 0 bridgehead atoms. The van der Waals surface area contributed by atoms with Crippen LogP contribution in [0.2, 0.25) is 0 Å². The molecule has 17 heavy (non-hydrogen) atoms. The summed E-state index contributed by atoms with van der Waals surface area (Å²) in [5.41, 5.74) is 4.53. The van der Waals surface area contributed by atoms with Crippen molar-refractivity contribution < 1.29 is 5.21 Å². The van der Waals surface area contributed by atoms with E-state index < -0.39 is 0 Å². The highest BCUT2D eigenvalue weighted by molar-refractivity contribution is 7.80. The number of benzene rings is 1. The lowest BCUT2D eigenvalue weighted by Gasteiger charge is -2.07. The summed E-state index contributed by atoms with van der Waals surface area (Å²) in [4.78, 5) is 0. The van der Waals surface area contributed by atoms with E-state index in [1.807, 2.05) is 30.3 Å². The number of hydrogen-bond acceptors (Lipinski definition) is 4. The van der Waals surface area contributed by atoms with Gasteiger partial charge in [-0.2, -0.15) is 5.10 Å². The number of thiocarbonyl (C=S) groups is 1. The third-order valence-corrected chi connectivity index (χ3v) is 2.22. The minimum Gasteiger partial charge on any atom is -0.411 e. The lowest BCUT2D eigenvalue weighted by Crippen LogP contribution is -2.25. The van der Waals surface area contributed by atoms with Crippen molar-refractivity contribution in [2.24, 2.45) is 10.3 Å². The van der Waals surface area contributed by atoms with Gasteiger partial charge in [0, 0.05) is 5.69 Å². The van der Waals surface area contributed by atoms with Crippen LogP contribution in [0.25, 0.3) is 0 Å². The number of anilines is 1. The van der Waals surface area contributed by atoms with E-state index in [9.17, 15) is 0 Å². The van der Waals surface area contributed by atoms with Gasteiger partial charge in [-0.25, -0.2) is 0 Å². The van der Waals surface area contributed by atoms with E-state index in [0.717, 1.165) is 5.69 Å². The van der Waals surface area contributed by atoms with Gasteiger partial charge in [0.25, 0.3) is 0 Å². The second kappa shape index (κ2) is 6.59. The number of hydrazone groups is 1. The molecule has 0 atom stereocenters. The van der Waals surface area contributed by atoms with Crippen molar-refractivity contribution in [3.05, 3.63) is 30.3 Å². The lowest BCUT2D eigenvalue weighted by molar-refractivity contribution is 0.320. The number of nitrogens with one attached hydrogen (secondary N) is 2. The Kier molecular flexibility index (Phi) is 5.09. The minimum absolute atomic E-state index is 0.376. The van der Waals surface area contributed by atoms with Gasteiger partial charge >= 0.3 is 0 Å². The minimum atomic E-state index is 0.376. The molecule has 0 aliphatic heterocycles. The molecule has 1 aromatic carbocycles. The summed E-state index contributed by atoms with van der Waals surface area (Å²) < 4.78 is 0. The summed E-state index contributed by atoms with van der Waals surface area (Å²) in [6, 6.07) is 9.52. The Balaban J connectivity index is 2.52. The highest BCUT2D eigenvalue weighted by atomic mass is 32.1. The zero-order chi connectivity index (χ0) is 12.7. The number of nitrogens with zero attached hydrogens (tertiary/aromatic N) is 2. The molecule has 90 valence electrons. The molecule has 0 aromatic heterocycles. The molecular weight excluding hydrogens is 236 g/mol. The first kappa shape index (κ1) is 13.1. The standard InChI is InChI=1S/C11H14N4OS/c1-8(9(2)15-16)13-14-11(17)12-10-6-4-3-5-7-10/h3-7,16H,1-2H3,(H2,12,14,17). The summed E-state index contributed by atoms with van der Waals surface area (Å²) in [5.74, 6) is 0. The molecule has 0 spiro atoms. The Morgan fingerprint density at radius 3 is 2.41 bits per heavy atom. The van der Waals surface area contributed by atoms with Gasteiger partial charge in [-0.15, -0.1) is 0 Å². The summed E-state index contributed by atoms with van der Waals surface area (Å²) in [5, 5.41) is 18.9. The van der Waals surface area contributed by atoms with Crippen LogP contribution in [0.4, 0.5) is 5.69 Å². The highest BCUT2D eigenvalue weighted by Crippen LogP contribution is 2.04. The first-order valence-corrected chi connectivity index (χ1v) is 5.39. The predicted molar refractivity (Wildman–Crippen MR) is 73.8 cm³/mol. The quantitative estimate of drug-likeness (QED) is 0.333. The molecule has 1 aromatic rings. The van der Waals surface area contributed by atoms with Crippen molar-refractivity contribution in [1.82, 2.24) is 5.43 Å². The molecule has 0 aliphatic carbocycles. The van der Waals surface area contributed by atoms with Gasteiger partial charge in [-0.1, -0.05) is 23.4 Å².